The lowest BCUT2D eigenvalue weighted by atomic mass is 10.1. The lowest BCUT2D eigenvalue weighted by molar-refractivity contribution is 0.102. The summed E-state index contributed by atoms with van der Waals surface area (Å²) in [6.45, 7) is 4.91. The summed E-state index contributed by atoms with van der Waals surface area (Å²) in [6, 6.07) is 13.7. The number of anilines is 2. The molecule has 3 aromatic carbocycles. The Balaban J connectivity index is 1.64. The first-order chi connectivity index (χ1) is 22.1. The van der Waals surface area contributed by atoms with Crippen LogP contribution in [0.5, 0.6) is 11.5 Å². The van der Waals surface area contributed by atoms with Crippen molar-refractivity contribution < 1.29 is 28.2 Å². The summed E-state index contributed by atoms with van der Waals surface area (Å²) in [7, 11) is 2.98. The maximum absolute atomic E-state index is 14.2. The summed E-state index contributed by atoms with van der Waals surface area (Å²) in [4.78, 5) is 48.6. The van der Waals surface area contributed by atoms with Gasteiger partial charge in [-0.15, -0.1) is 0 Å². The van der Waals surface area contributed by atoms with Gasteiger partial charge in [0.05, 0.1) is 56.5 Å². The fourth-order valence-electron chi connectivity index (χ4n) is 5.31. The summed E-state index contributed by atoms with van der Waals surface area (Å²) >= 11 is 6.28. The molecule has 0 radical (unpaired) electrons. The Morgan fingerprint density at radius 3 is 2.39 bits per heavy atom. The summed E-state index contributed by atoms with van der Waals surface area (Å²) in [5.41, 5.74) is 0.710. The highest BCUT2D eigenvalue weighted by Crippen LogP contribution is 2.37. The third-order valence-corrected chi connectivity index (χ3v) is 7.86. The molecule has 46 heavy (non-hydrogen) atoms. The molecule has 1 atom stereocenters. The number of aromatic nitrogens is 2. The number of rotatable bonds is 8. The number of hydrogen-bond donors (Lipinski definition) is 1. The first-order valence-electron chi connectivity index (χ1n) is 14.6. The van der Waals surface area contributed by atoms with Crippen LogP contribution in [0.15, 0.2) is 65.5 Å². The predicted molar refractivity (Wildman–Crippen MR) is 173 cm³/mol. The summed E-state index contributed by atoms with van der Waals surface area (Å²) in [5, 5.41) is 5.27. The molecule has 5 rings (SSSR count). The molecule has 1 fully saturated rings. The van der Waals surface area contributed by atoms with E-state index >= 15 is 0 Å². The first kappa shape index (κ1) is 32.4. The number of methoxy groups -OCH3 is 2. The molecule has 0 bridgehead atoms. The molecular formula is C32H34ClFN6O6. The van der Waals surface area contributed by atoms with Gasteiger partial charge in [0.25, 0.3) is 5.56 Å². The number of halogens is 2. The number of urea groups is 1. The third kappa shape index (κ3) is 6.64. The highest BCUT2D eigenvalue weighted by atomic mass is 35.5. The zero-order valence-electron chi connectivity index (χ0n) is 25.8. The molecule has 4 aromatic rings. The molecule has 1 aliphatic heterocycles. The molecule has 2 heterocycles. The average Bonchev–Trinajstić information content (AvgIpc) is 3.06. The van der Waals surface area contributed by atoms with Crippen LogP contribution in [0.1, 0.15) is 25.7 Å². The number of nitrogens with zero attached hydrogens (tertiary/aromatic N) is 5. The fraction of sp³-hybridized carbons (Fsp3) is 0.312. The number of piperazine rings is 1. The molecule has 242 valence electrons. The van der Waals surface area contributed by atoms with Gasteiger partial charge in [0.2, 0.25) is 0 Å². The summed E-state index contributed by atoms with van der Waals surface area (Å²) in [5.74, 6) is 0.623. The van der Waals surface area contributed by atoms with Gasteiger partial charge in [-0.1, -0.05) is 11.6 Å². The van der Waals surface area contributed by atoms with E-state index in [4.69, 9.17) is 30.8 Å². The van der Waals surface area contributed by atoms with E-state index in [0.29, 0.717) is 65.0 Å². The van der Waals surface area contributed by atoms with E-state index in [9.17, 15) is 18.8 Å². The van der Waals surface area contributed by atoms with Crippen molar-refractivity contribution in [2.24, 2.45) is 0 Å². The van der Waals surface area contributed by atoms with Crippen LogP contribution in [0.3, 0.4) is 0 Å². The lowest BCUT2D eigenvalue weighted by Crippen LogP contribution is -2.57. The molecule has 1 saturated heterocycles. The van der Waals surface area contributed by atoms with Crippen LogP contribution in [0.25, 0.3) is 10.9 Å². The summed E-state index contributed by atoms with van der Waals surface area (Å²) < 4.78 is 31.3. The zero-order chi connectivity index (χ0) is 33.0. The van der Waals surface area contributed by atoms with Crippen molar-refractivity contribution in [2.45, 2.75) is 19.9 Å². The van der Waals surface area contributed by atoms with Crippen LogP contribution in [0.2, 0.25) is 5.02 Å². The number of carbonyl (C=O) groups is 2. The molecule has 0 aliphatic carbocycles. The minimum Gasteiger partial charge on any atom is -0.497 e. The van der Waals surface area contributed by atoms with Gasteiger partial charge in [-0.25, -0.2) is 23.6 Å². The van der Waals surface area contributed by atoms with E-state index in [0.717, 1.165) is 0 Å². The maximum Gasteiger partial charge on any atom is 0.409 e. The topological polar surface area (TPSA) is 118 Å². The molecule has 1 unspecified atom stereocenters. The van der Waals surface area contributed by atoms with Gasteiger partial charge in [0.15, 0.2) is 5.82 Å². The van der Waals surface area contributed by atoms with Gasteiger partial charge < -0.3 is 29.4 Å². The Morgan fingerprint density at radius 2 is 1.74 bits per heavy atom. The Morgan fingerprint density at radius 1 is 1.02 bits per heavy atom. The standard InChI is InChI=1S/C32H34ClFN6O6/c1-5-46-32(43)37-14-16-38(17-15-37)40-29(36-26-12-6-21(33)18-25(26)30(40)41)20(2)39(27-13-11-24(44-3)19-28(27)45-4)31(42)35-23-9-7-22(34)8-10-23/h6-13,18-20H,5,14-17H2,1-4H3,(H,35,42). The molecule has 14 heteroatoms. The molecule has 1 N–H and O–H groups in total. The number of carbonyl (C=O) groups excluding carboxylic acids is 2. The Hall–Kier alpha value is -5.04. The van der Waals surface area contributed by atoms with E-state index in [1.807, 2.05) is 0 Å². The van der Waals surface area contributed by atoms with Gasteiger partial charge in [-0.2, -0.15) is 0 Å². The van der Waals surface area contributed by atoms with E-state index in [1.54, 1.807) is 60.2 Å². The minimum atomic E-state index is -0.876. The number of amides is 3. The Bertz CT molecular complexity index is 1790. The van der Waals surface area contributed by atoms with Crippen molar-refractivity contribution in [1.29, 1.82) is 0 Å². The van der Waals surface area contributed by atoms with E-state index in [2.05, 4.69) is 5.32 Å². The second-order valence-corrected chi connectivity index (χ2v) is 10.8. The largest absolute Gasteiger partial charge is 0.497 e. The minimum absolute atomic E-state index is 0.247. The van der Waals surface area contributed by atoms with Crippen LogP contribution in [0, 0.1) is 5.82 Å². The average molecular weight is 653 g/mol. The number of nitrogens with one attached hydrogen (secondary N) is 1. The normalized spacial score (nSPS) is 13.7. The molecule has 0 saturated carbocycles. The van der Waals surface area contributed by atoms with Gasteiger partial charge >= 0.3 is 12.1 Å². The number of hydrogen-bond acceptors (Lipinski definition) is 8. The quantitative estimate of drug-likeness (QED) is 0.268. The molecular weight excluding hydrogens is 619 g/mol. The van der Waals surface area contributed by atoms with Crippen molar-refractivity contribution in [3.8, 4) is 11.5 Å². The molecule has 1 aromatic heterocycles. The third-order valence-electron chi connectivity index (χ3n) is 7.62. The van der Waals surface area contributed by atoms with Crippen molar-refractivity contribution >= 4 is 46.0 Å². The highest BCUT2D eigenvalue weighted by Gasteiger charge is 2.33. The lowest BCUT2D eigenvalue weighted by Gasteiger charge is -2.38. The number of ether oxygens (including phenoxy) is 3. The van der Waals surface area contributed by atoms with E-state index in [1.165, 1.54) is 48.1 Å². The Kier molecular flexibility index (Phi) is 9.81. The van der Waals surface area contributed by atoms with Crippen molar-refractivity contribution in [3.05, 3.63) is 87.7 Å². The molecule has 12 nitrogen and oxygen atoms in total. The monoisotopic (exact) mass is 652 g/mol. The molecule has 1 aliphatic rings. The van der Waals surface area contributed by atoms with Crippen LogP contribution in [-0.4, -0.2) is 73.7 Å². The second-order valence-electron chi connectivity index (χ2n) is 10.4. The molecule has 3 amide bonds. The van der Waals surface area contributed by atoms with Crippen molar-refractivity contribution in [2.75, 3.05) is 62.2 Å². The van der Waals surface area contributed by atoms with Crippen LogP contribution < -0.4 is 30.3 Å². The molecule has 0 spiro atoms. The van der Waals surface area contributed by atoms with Crippen molar-refractivity contribution in [1.82, 2.24) is 14.6 Å². The maximum atomic E-state index is 14.2. The summed E-state index contributed by atoms with van der Waals surface area (Å²) in [6.07, 6.45) is -0.429. The van der Waals surface area contributed by atoms with Crippen LogP contribution in [-0.2, 0) is 4.74 Å². The van der Waals surface area contributed by atoms with E-state index < -0.39 is 24.0 Å². The number of benzene rings is 3. The van der Waals surface area contributed by atoms with Gasteiger partial charge in [0.1, 0.15) is 17.3 Å². The number of fused-ring (bicyclic) bond motifs is 1. The highest BCUT2D eigenvalue weighted by molar-refractivity contribution is 6.31. The second kappa shape index (κ2) is 13.9. The fourth-order valence-corrected chi connectivity index (χ4v) is 5.49. The van der Waals surface area contributed by atoms with Crippen LogP contribution >= 0.6 is 11.6 Å². The van der Waals surface area contributed by atoms with Gasteiger partial charge in [-0.3, -0.25) is 9.69 Å². The van der Waals surface area contributed by atoms with Crippen LogP contribution in [0.4, 0.5) is 25.4 Å². The van der Waals surface area contributed by atoms with Gasteiger partial charge in [0, 0.05) is 29.9 Å². The van der Waals surface area contributed by atoms with E-state index in [-0.39, 0.29) is 18.0 Å². The smallest absolute Gasteiger partial charge is 0.409 e. The SMILES string of the molecule is CCOC(=O)N1CCN(n2c(C(C)N(C(=O)Nc3ccc(F)cc3)c3ccc(OC)cc3OC)nc3ccc(Cl)cc3c2=O)CC1. The predicted octanol–water partition coefficient (Wildman–Crippen LogP) is 5.42. The Labute approximate surface area is 269 Å². The first-order valence-corrected chi connectivity index (χ1v) is 15.0. The zero-order valence-corrected chi connectivity index (χ0v) is 26.6. The van der Waals surface area contributed by atoms with Crippen molar-refractivity contribution in [3.63, 3.8) is 0 Å². The van der Waals surface area contributed by atoms with Gasteiger partial charge in [-0.05, 0) is 68.4 Å².